The zero-order chi connectivity index (χ0) is 14.9. The molecule has 0 N–H and O–H groups in total. The van der Waals surface area contributed by atoms with Crippen molar-refractivity contribution in [3.05, 3.63) is 23.9 Å². The van der Waals surface area contributed by atoms with Crippen molar-refractivity contribution in [1.29, 1.82) is 0 Å². The van der Waals surface area contributed by atoms with Crippen LogP contribution in [0.25, 0.3) is 0 Å². The number of aryl methyl sites for hydroxylation is 1. The second-order valence-electron chi connectivity index (χ2n) is 5.67. The molecule has 7 heteroatoms. The van der Waals surface area contributed by atoms with Crippen molar-refractivity contribution in [3.8, 4) is 5.88 Å². The highest BCUT2D eigenvalue weighted by molar-refractivity contribution is 7.86. The lowest BCUT2D eigenvalue weighted by Gasteiger charge is -2.23. The largest absolute Gasteiger partial charge is 0.473 e. The third-order valence-electron chi connectivity index (χ3n) is 4.00. The quantitative estimate of drug-likeness (QED) is 0.838. The van der Waals surface area contributed by atoms with Gasteiger partial charge in [-0.1, -0.05) is 6.07 Å². The normalized spacial score (nSPS) is 24.5. The Bertz CT molecular complexity index is 582. The third kappa shape index (κ3) is 3.20. The van der Waals surface area contributed by atoms with Crippen molar-refractivity contribution < 1.29 is 13.2 Å². The van der Waals surface area contributed by atoms with E-state index < -0.39 is 10.2 Å². The Hall–Kier alpha value is -1.18. The lowest BCUT2D eigenvalue weighted by atomic mass is 10.3. The molecule has 1 aromatic heterocycles. The summed E-state index contributed by atoms with van der Waals surface area (Å²) in [5.41, 5.74) is 1.08. The third-order valence-corrected chi connectivity index (χ3v) is 6.00. The van der Waals surface area contributed by atoms with E-state index in [9.17, 15) is 8.42 Å². The number of hydrogen-bond acceptors (Lipinski definition) is 4. The molecule has 0 saturated carbocycles. The van der Waals surface area contributed by atoms with Gasteiger partial charge in [-0.05, 0) is 31.7 Å². The smallest absolute Gasteiger partial charge is 0.282 e. The number of pyridine rings is 1. The highest BCUT2D eigenvalue weighted by Crippen LogP contribution is 2.23. The number of nitrogens with zero attached hydrogens (tertiary/aromatic N) is 3. The summed E-state index contributed by atoms with van der Waals surface area (Å²) < 4.78 is 33.8. The first-order valence-electron chi connectivity index (χ1n) is 7.40. The topological polar surface area (TPSA) is 62.7 Å². The van der Waals surface area contributed by atoms with E-state index in [0.29, 0.717) is 38.5 Å². The van der Waals surface area contributed by atoms with Crippen LogP contribution in [0, 0.1) is 6.92 Å². The lowest BCUT2D eigenvalue weighted by molar-refractivity contribution is 0.205. The predicted octanol–water partition coefficient (Wildman–Crippen LogP) is 1.18. The van der Waals surface area contributed by atoms with Gasteiger partial charge in [0.15, 0.2) is 0 Å². The molecule has 0 amide bonds. The number of ether oxygens (including phenoxy) is 1. The van der Waals surface area contributed by atoms with Crippen LogP contribution >= 0.6 is 0 Å². The summed E-state index contributed by atoms with van der Waals surface area (Å²) in [6.45, 7) is 4.19. The first kappa shape index (κ1) is 14.7. The molecule has 2 saturated heterocycles. The first-order valence-corrected chi connectivity index (χ1v) is 8.80. The highest BCUT2D eigenvalue weighted by Gasteiger charge is 2.37. The standard InChI is InChI=1S/C14H21N3O3S/c1-12-4-5-14(15-10-12)20-13-6-9-17(11-13)21(18,19)16-7-2-3-8-16/h4-5,10,13H,2-3,6-9,11H2,1H3. The Morgan fingerprint density at radius 1 is 1.19 bits per heavy atom. The highest BCUT2D eigenvalue weighted by atomic mass is 32.2. The summed E-state index contributed by atoms with van der Waals surface area (Å²) in [7, 11) is -3.30. The van der Waals surface area contributed by atoms with Gasteiger partial charge < -0.3 is 4.74 Å². The van der Waals surface area contributed by atoms with E-state index in [4.69, 9.17) is 4.74 Å². The van der Waals surface area contributed by atoms with Crippen molar-refractivity contribution >= 4 is 10.2 Å². The average Bonchev–Trinajstić information content (AvgIpc) is 3.12. The van der Waals surface area contributed by atoms with E-state index in [0.717, 1.165) is 18.4 Å². The summed E-state index contributed by atoms with van der Waals surface area (Å²) in [6, 6.07) is 3.77. The molecule has 1 aromatic rings. The fourth-order valence-electron chi connectivity index (χ4n) is 2.78. The van der Waals surface area contributed by atoms with Crippen molar-refractivity contribution in [3.63, 3.8) is 0 Å². The van der Waals surface area contributed by atoms with Crippen molar-refractivity contribution in [1.82, 2.24) is 13.6 Å². The van der Waals surface area contributed by atoms with Gasteiger partial charge in [0.1, 0.15) is 6.10 Å². The summed E-state index contributed by atoms with van der Waals surface area (Å²) in [4.78, 5) is 4.21. The predicted molar refractivity (Wildman–Crippen MR) is 79.3 cm³/mol. The molecule has 1 atom stereocenters. The monoisotopic (exact) mass is 311 g/mol. The fourth-order valence-corrected chi connectivity index (χ4v) is 4.52. The van der Waals surface area contributed by atoms with Crippen LogP contribution in [0.1, 0.15) is 24.8 Å². The molecule has 3 heterocycles. The molecule has 21 heavy (non-hydrogen) atoms. The Morgan fingerprint density at radius 3 is 2.62 bits per heavy atom. The molecule has 3 rings (SSSR count). The van der Waals surface area contributed by atoms with Gasteiger partial charge in [0.2, 0.25) is 5.88 Å². The first-order chi connectivity index (χ1) is 10.1. The zero-order valence-corrected chi connectivity index (χ0v) is 13.1. The van der Waals surface area contributed by atoms with E-state index in [1.165, 1.54) is 4.31 Å². The molecule has 6 nitrogen and oxygen atoms in total. The van der Waals surface area contributed by atoms with Gasteiger partial charge in [-0.25, -0.2) is 4.98 Å². The van der Waals surface area contributed by atoms with Gasteiger partial charge in [-0.15, -0.1) is 0 Å². The average molecular weight is 311 g/mol. The van der Waals surface area contributed by atoms with Crippen LogP contribution in [0.2, 0.25) is 0 Å². The van der Waals surface area contributed by atoms with E-state index in [2.05, 4.69) is 4.98 Å². The van der Waals surface area contributed by atoms with Gasteiger partial charge in [-0.3, -0.25) is 0 Å². The van der Waals surface area contributed by atoms with E-state index >= 15 is 0 Å². The Balaban J connectivity index is 1.61. The van der Waals surface area contributed by atoms with E-state index in [1.807, 2.05) is 19.1 Å². The van der Waals surface area contributed by atoms with Gasteiger partial charge in [0.25, 0.3) is 10.2 Å². The second kappa shape index (κ2) is 5.90. The van der Waals surface area contributed by atoms with Crippen molar-refractivity contribution in [2.24, 2.45) is 0 Å². The zero-order valence-electron chi connectivity index (χ0n) is 12.2. The minimum atomic E-state index is -3.30. The molecule has 0 aliphatic carbocycles. The molecule has 0 radical (unpaired) electrons. The van der Waals surface area contributed by atoms with Gasteiger partial charge in [-0.2, -0.15) is 17.0 Å². The Morgan fingerprint density at radius 2 is 1.95 bits per heavy atom. The van der Waals surface area contributed by atoms with Crippen molar-refractivity contribution in [2.75, 3.05) is 26.2 Å². The number of aromatic nitrogens is 1. The molecular formula is C14H21N3O3S. The summed E-state index contributed by atoms with van der Waals surface area (Å²) in [6.07, 6.45) is 4.27. The summed E-state index contributed by atoms with van der Waals surface area (Å²) in [5, 5.41) is 0. The Kier molecular flexibility index (Phi) is 4.14. The van der Waals surface area contributed by atoms with Crippen LogP contribution in [0.4, 0.5) is 0 Å². The van der Waals surface area contributed by atoms with Crippen LogP contribution in [-0.2, 0) is 10.2 Å². The summed E-state index contributed by atoms with van der Waals surface area (Å²) >= 11 is 0. The van der Waals surface area contributed by atoms with E-state index in [-0.39, 0.29) is 6.10 Å². The minimum absolute atomic E-state index is 0.113. The fraction of sp³-hybridized carbons (Fsp3) is 0.643. The maximum atomic E-state index is 12.5. The molecule has 0 spiro atoms. The van der Waals surface area contributed by atoms with Gasteiger partial charge in [0.05, 0.1) is 6.54 Å². The van der Waals surface area contributed by atoms with Crippen LogP contribution in [-0.4, -0.2) is 54.3 Å². The van der Waals surface area contributed by atoms with Gasteiger partial charge >= 0.3 is 0 Å². The molecule has 1 unspecified atom stereocenters. The molecule has 2 aliphatic heterocycles. The van der Waals surface area contributed by atoms with Crippen molar-refractivity contribution in [2.45, 2.75) is 32.3 Å². The van der Waals surface area contributed by atoms with Crippen LogP contribution in [0.5, 0.6) is 5.88 Å². The van der Waals surface area contributed by atoms with Gasteiger partial charge in [0, 0.05) is 31.9 Å². The maximum Gasteiger partial charge on any atom is 0.282 e. The maximum absolute atomic E-state index is 12.5. The van der Waals surface area contributed by atoms with Crippen LogP contribution < -0.4 is 4.74 Å². The minimum Gasteiger partial charge on any atom is -0.473 e. The summed E-state index contributed by atoms with van der Waals surface area (Å²) in [5.74, 6) is 0.561. The molecule has 0 bridgehead atoms. The lowest BCUT2D eigenvalue weighted by Crippen LogP contribution is -2.41. The number of rotatable bonds is 4. The molecule has 0 aromatic carbocycles. The Labute approximate surface area is 125 Å². The number of hydrogen-bond donors (Lipinski definition) is 0. The molecular weight excluding hydrogens is 290 g/mol. The second-order valence-corrected chi connectivity index (χ2v) is 7.60. The van der Waals surface area contributed by atoms with Crippen LogP contribution in [0.3, 0.4) is 0 Å². The SMILES string of the molecule is Cc1ccc(OC2CCN(S(=O)(=O)N3CCCC3)C2)nc1. The molecule has 2 fully saturated rings. The van der Waals surface area contributed by atoms with E-state index in [1.54, 1.807) is 10.5 Å². The molecule has 2 aliphatic rings. The molecule has 116 valence electrons. The van der Waals surface area contributed by atoms with Crippen LogP contribution in [0.15, 0.2) is 18.3 Å².